The maximum atomic E-state index is 13.4. The highest BCUT2D eigenvalue weighted by atomic mass is 19.2. The van der Waals surface area contributed by atoms with E-state index in [0.29, 0.717) is 6.07 Å². The fraction of sp³-hybridized carbons (Fsp3) is 0.357. The van der Waals surface area contributed by atoms with Crippen molar-refractivity contribution < 1.29 is 22.8 Å². The van der Waals surface area contributed by atoms with E-state index in [4.69, 9.17) is 0 Å². The molecule has 0 aliphatic heterocycles. The summed E-state index contributed by atoms with van der Waals surface area (Å²) >= 11 is 0. The number of aliphatic imine (C=N–C) groups is 1. The lowest BCUT2D eigenvalue weighted by atomic mass is 10.2. The van der Waals surface area contributed by atoms with Gasteiger partial charge in [0.1, 0.15) is 0 Å². The number of carbonyl (C=O) groups excluding carboxylic acids is 2. The van der Waals surface area contributed by atoms with Crippen molar-refractivity contribution in [2.24, 2.45) is 4.99 Å². The number of anilines is 1. The van der Waals surface area contributed by atoms with Crippen molar-refractivity contribution >= 4 is 23.5 Å². The highest BCUT2D eigenvalue weighted by Gasteiger charge is 2.15. The van der Waals surface area contributed by atoms with E-state index < -0.39 is 29.0 Å². The van der Waals surface area contributed by atoms with Gasteiger partial charge in [0.05, 0.1) is 18.8 Å². The first-order valence-electron chi connectivity index (χ1n) is 6.84. The number of guanidine groups is 1. The number of rotatable bonds is 5. The minimum atomic E-state index is -1.67. The Labute approximate surface area is 136 Å². The van der Waals surface area contributed by atoms with Gasteiger partial charge in [0.2, 0.25) is 11.8 Å². The molecule has 24 heavy (non-hydrogen) atoms. The van der Waals surface area contributed by atoms with E-state index in [0.717, 1.165) is 6.07 Å². The normalized spacial score (nSPS) is 11.0. The van der Waals surface area contributed by atoms with Gasteiger partial charge in [-0.1, -0.05) is 0 Å². The molecule has 0 heterocycles. The Morgan fingerprint density at radius 2 is 1.71 bits per heavy atom. The van der Waals surface area contributed by atoms with Crippen molar-refractivity contribution in [3.63, 3.8) is 0 Å². The Hall–Kier alpha value is -2.78. The zero-order valence-electron chi connectivity index (χ0n) is 13.4. The van der Waals surface area contributed by atoms with E-state index in [1.54, 1.807) is 14.1 Å². The van der Waals surface area contributed by atoms with Crippen molar-refractivity contribution in [1.29, 1.82) is 0 Å². The van der Waals surface area contributed by atoms with Gasteiger partial charge in [0.15, 0.2) is 23.4 Å². The predicted octanol–water partition coefficient (Wildman–Crippen LogP) is 0.296. The maximum Gasteiger partial charge on any atom is 0.243 e. The molecule has 7 nitrogen and oxygen atoms in total. The molecule has 0 fully saturated rings. The number of nitrogens with zero attached hydrogens (tertiary/aromatic N) is 2. The number of amides is 2. The molecule has 1 aromatic rings. The molecule has 0 saturated heterocycles. The van der Waals surface area contributed by atoms with Crippen molar-refractivity contribution in [1.82, 2.24) is 15.5 Å². The molecular formula is C14H18F3N5O2. The lowest BCUT2D eigenvalue weighted by Crippen LogP contribution is -2.45. The second-order valence-electron chi connectivity index (χ2n) is 4.84. The number of nitrogens with one attached hydrogen (secondary N) is 3. The highest BCUT2D eigenvalue weighted by molar-refractivity contribution is 5.95. The van der Waals surface area contributed by atoms with Crippen LogP contribution in [0.3, 0.4) is 0 Å². The second-order valence-corrected chi connectivity index (χ2v) is 4.84. The second kappa shape index (κ2) is 8.75. The molecule has 0 aromatic heterocycles. The molecular weight excluding hydrogens is 327 g/mol. The van der Waals surface area contributed by atoms with Gasteiger partial charge in [-0.15, -0.1) is 0 Å². The van der Waals surface area contributed by atoms with Crippen molar-refractivity contribution in [3.05, 3.63) is 29.6 Å². The molecule has 0 spiro atoms. The predicted molar refractivity (Wildman–Crippen MR) is 83.0 cm³/mol. The van der Waals surface area contributed by atoms with Gasteiger partial charge < -0.3 is 20.9 Å². The Balaban J connectivity index is 2.53. The van der Waals surface area contributed by atoms with Crippen LogP contribution < -0.4 is 16.0 Å². The summed E-state index contributed by atoms with van der Waals surface area (Å²) < 4.78 is 39.3. The van der Waals surface area contributed by atoms with E-state index in [1.807, 2.05) is 0 Å². The van der Waals surface area contributed by atoms with Crippen LogP contribution in [0.1, 0.15) is 0 Å². The minimum absolute atomic E-state index is 0.0356. The molecule has 132 valence electrons. The topological polar surface area (TPSA) is 85.8 Å². The van der Waals surface area contributed by atoms with Crippen LogP contribution in [-0.2, 0) is 9.59 Å². The van der Waals surface area contributed by atoms with Crippen LogP contribution >= 0.6 is 0 Å². The Morgan fingerprint density at radius 1 is 1.08 bits per heavy atom. The fourth-order valence-corrected chi connectivity index (χ4v) is 1.52. The summed E-state index contributed by atoms with van der Waals surface area (Å²) in [5, 5.41) is 7.38. The van der Waals surface area contributed by atoms with Crippen LogP contribution in [0, 0.1) is 17.5 Å². The molecule has 1 aromatic carbocycles. The zero-order chi connectivity index (χ0) is 18.3. The third kappa shape index (κ3) is 5.45. The van der Waals surface area contributed by atoms with Gasteiger partial charge in [-0.25, -0.2) is 13.2 Å². The van der Waals surface area contributed by atoms with Gasteiger partial charge in [-0.3, -0.25) is 14.6 Å². The molecule has 0 aliphatic carbocycles. The van der Waals surface area contributed by atoms with E-state index in [1.165, 1.54) is 11.9 Å². The van der Waals surface area contributed by atoms with E-state index in [9.17, 15) is 22.8 Å². The molecule has 0 saturated carbocycles. The summed E-state index contributed by atoms with van der Waals surface area (Å²) in [5.74, 6) is -5.24. The van der Waals surface area contributed by atoms with Gasteiger partial charge in [-0.05, 0) is 12.1 Å². The average molecular weight is 345 g/mol. The summed E-state index contributed by atoms with van der Waals surface area (Å²) in [6, 6.07) is 1.61. The third-order valence-electron chi connectivity index (χ3n) is 2.86. The minimum Gasteiger partial charge on any atom is -0.347 e. The maximum absolute atomic E-state index is 13.4. The number of hydrogen-bond donors (Lipinski definition) is 3. The lowest BCUT2D eigenvalue weighted by molar-refractivity contribution is -0.127. The first kappa shape index (κ1) is 19.3. The molecule has 3 N–H and O–H groups in total. The van der Waals surface area contributed by atoms with Gasteiger partial charge in [-0.2, -0.15) is 0 Å². The molecule has 0 unspecified atom stereocenters. The van der Waals surface area contributed by atoms with Crippen molar-refractivity contribution in [2.75, 3.05) is 39.5 Å². The van der Waals surface area contributed by atoms with Crippen molar-refractivity contribution in [2.45, 2.75) is 0 Å². The zero-order valence-corrected chi connectivity index (χ0v) is 13.4. The molecule has 1 rings (SSSR count). The number of carbonyl (C=O) groups is 2. The number of benzene rings is 1. The quantitative estimate of drug-likeness (QED) is 0.407. The Kier molecular flexibility index (Phi) is 7.02. The summed E-state index contributed by atoms with van der Waals surface area (Å²) in [5.41, 5.74) is -0.480. The van der Waals surface area contributed by atoms with Gasteiger partial charge in [0.25, 0.3) is 0 Å². The van der Waals surface area contributed by atoms with E-state index in [2.05, 4.69) is 20.9 Å². The van der Waals surface area contributed by atoms with Crippen LogP contribution in [0.2, 0.25) is 0 Å². The highest BCUT2D eigenvalue weighted by Crippen LogP contribution is 2.19. The van der Waals surface area contributed by atoms with Crippen LogP contribution in [0.4, 0.5) is 18.9 Å². The van der Waals surface area contributed by atoms with Crippen LogP contribution in [0.5, 0.6) is 0 Å². The summed E-state index contributed by atoms with van der Waals surface area (Å²) in [6.45, 7) is -0.361. The number of hydrogen-bond acceptors (Lipinski definition) is 3. The molecule has 0 bridgehead atoms. The average Bonchev–Trinajstić information content (AvgIpc) is 2.55. The lowest BCUT2D eigenvalue weighted by Gasteiger charge is -2.14. The summed E-state index contributed by atoms with van der Waals surface area (Å²) in [6.07, 6.45) is 0. The number of halogens is 3. The smallest absolute Gasteiger partial charge is 0.243 e. The third-order valence-corrected chi connectivity index (χ3v) is 2.86. The Morgan fingerprint density at radius 3 is 2.29 bits per heavy atom. The molecule has 0 atom stereocenters. The molecule has 2 amide bonds. The van der Waals surface area contributed by atoms with Crippen molar-refractivity contribution in [3.8, 4) is 0 Å². The largest absolute Gasteiger partial charge is 0.347 e. The van der Waals surface area contributed by atoms with E-state index >= 15 is 0 Å². The monoisotopic (exact) mass is 345 g/mol. The summed E-state index contributed by atoms with van der Waals surface area (Å²) in [7, 11) is 4.61. The first-order chi connectivity index (χ1) is 11.3. The van der Waals surface area contributed by atoms with E-state index in [-0.39, 0.29) is 25.0 Å². The standard InChI is InChI=1S/C14H18F3N5O2/c1-18-14(20-7-11(24)22(2)3)19-6-10(23)21-9-5-4-8(15)12(16)13(9)17/h4-5H,6-7H2,1-3H3,(H,21,23)(H2,18,19,20). The van der Waals surface area contributed by atoms with Crippen LogP contribution in [0.25, 0.3) is 0 Å². The van der Waals surface area contributed by atoms with Gasteiger partial charge in [0, 0.05) is 21.1 Å². The number of likely N-dealkylation sites (N-methyl/N-ethyl adjacent to an activating group) is 1. The SMILES string of the molecule is CN=C(NCC(=O)Nc1ccc(F)c(F)c1F)NCC(=O)N(C)C. The first-order valence-corrected chi connectivity index (χ1v) is 6.84. The van der Waals surface area contributed by atoms with Crippen LogP contribution in [-0.4, -0.2) is 56.9 Å². The van der Waals surface area contributed by atoms with Gasteiger partial charge >= 0.3 is 0 Å². The molecule has 0 radical (unpaired) electrons. The van der Waals surface area contributed by atoms with Crippen LogP contribution in [0.15, 0.2) is 17.1 Å². The Bertz CT molecular complexity index is 650. The molecule has 0 aliphatic rings. The summed E-state index contributed by atoms with van der Waals surface area (Å²) in [4.78, 5) is 28.3. The fourth-order valence-electron chi connectivity index (χ4n) is 1.52. The molecule has 10 heteroatoms.